The summed E-state index contributed by atoms with van der Waals surface area (Å²) in [6.07, 6.45) is 5.18. The minimum atomic E-state index is -3.55. The molecule has 1 aromatic heterocycles. The zero-order valence-electron chi connectivity index (χ0n) is 10.7. The van der Waals surface area contributed by atoms with Gasteiger partial charge in [0, 0.05) is 18.8 Å². The Bertz CT molecular complexity index is 475. The molecule has 18 heavy (non-hydrogen) atoms. The Morgan fingerprint density at radius 2 is 2.00 bits per heavy atom. The third kappa shape index (κ3) is 3.33. The molecule has 1 rings (SSSR count). The topological polar surface area (TPSA) is 89.2 Å². The Kier molecular flexibility index (Phi) is 5.36. The van der Waals surface area contributed by atoms with Crippen LogP contribution in [0, 0.1) is 0 Å². The summed E-state index contributed by atoms with van der Waals surface area (Å²) in [4.78, 5) is 7.50. The van der Waals surface area contributed by atoms with E-state index in [2.05, 4.69) is 9.97 Å². The van der Waals surface area contributed by atoms with Crippen molar-refractivity contribution in [2.75, 3.05) is 24.8 Å². The van der Waals surface area contributed by atoms with Crippen molar-refractivity contribution < 1.29 is 8.42 Å². The number of hydrogen-bond donors (Lipinski definition) is 1. The molecule has 0 aliphatic carbocycles. The lowest BCUT2D eigenvalue weighted by Gasteiger charge is -2.25. The molecule has 1 heterocycles. The quantitative estimate of drug-likeness (QED) is 0.834. The number of nitrogens with two attached hydrogens (primary N) is 1. The lowest BCUT2D eigenvalue weighted by molar-refractivity contribution is 0.385. The summed E-state index contributed by atoms with van der Waals surface area (Å²) in [5, 5.41) is 0. The molecular weight excluding hydrogens is 272 g/mol. The zero-order valence-corrected chi connectivity index (χ0v) is 12.3. The van der Waals surface area contributed by atoms with Crippen molar-refractivity contribution in [2.24, 2.45) is 0 Å². The van der Waals surface area contributed by atoms with Gasteiger partial charge in [0.05, 0.1) is 12.4 Å². The van der Waals surface area contributed by atoms with Crippen molar-refractivity contribution in [2.45, 2.75) is 24.3 Å². The van der Waals surface area contributed by atoms with Crippen molar-refractivity contribution in [3.05, 3.63) is 12.4 Å². The maximum absolute atomic E-state index is 12.3. The van der Waals surface area contributed by atoms with Gasteiger partial charge in [-0.2, -0.15) is 16.1 Å². The molecule has 0 radical (unpaired) electrons. The van der Waals surface area contributed by atoms with Crippen LogP contribution in [0.4, 0.5) is 5.95 Å². The molecule has 6 nitrogen and oxygen atoms in total. The highest BCUT2D eigenvalue weighted by Crippen LogP contribution is 2.18. The Hall–Kier alpha value is -0.860. The van der Waals surface area contributed by atoms with E-state index in [9.17, 15) is 8.42 Å². The van der Waals surface area contributed by atoms with E-state index in [1.54, 1.807) is 18.8 Å². The maximum atomic E-state index is 12.3. The molecule has 1 aromatic rings. The first kappa shape index (κ1) is 15.2. The Morgan fingerprint density at radius 3 is 2.44 bits per heavy atom. The summed E-state index contributed by atoms with van der Waals surface area (Å²) in [6, 6.07) is -0.0393. The molecule has 0 saturated heterocycles. The van der Waals surface area contributed by atoms with E-state index in [4.69, 9.17) is 5.73 Å². The number of nitrogen functional groups attached to an aromatic ring is 1. The lowest BCUT2D eigenvalue weighted by atomic mass is 10.3. The molecule has 0 aliphatic heterocycles. The second kappa shape index (κ2) is 6.35. The number of rotatable bonds is 6. The Labute approximate surface area is 112 Å². The van der Waals surface area contributed by atoms with Crippen LogP contribution in [0.25, 0.3) is 0 Å². The summed E-state index contributed by atoms with van der Waals surface area (Å²) >= 11 is 1.62. The van der Waals surface area contributed by atoms with Gasteiger partial charge in [-0.15, -0.1) is 0 Å². The van der Waals surface area contributed by atoms with Crippen LogP contribution in [0.5, 0.6) is 0 Å². The molecule has 2 N–H and O–H groups in total. The second-order valence-corrected chi connectivity index (χ2v) is 6.72. The first-order valence-electron chi connectivity index (χ1n) is 5.48. The molecule has 8 heteroatoms. The average Bonchev–Trinajstić information content (AvgIpc) is 2.35. The van der Waals surface area contributed by atoms with E-state index in [1.165, 1.54) is 16.7 Å². The highest BCUT2D eigenvalue weighted by atomic mass is 32.2. The zero-order chi connectivity index (χ0) is 13.8. The van der Waals surface area contributed by atoms with E-state index in [1.807, 2.05) is 13.2 Å². The van der Waals surface area contributed by atoms with Crippen molar-refractivity contribution in [1.82, 2.24) is 14.3 Å². The van der Waals surface area contributed by atoms with E-state index in [0.29, 0.717) is 0 Å². The van der Waals surface area contributed by atoms with Crippen LogP contribution < -0.4 is 5.73 Å². The lowest BCUT2D eigenvalue weighted by Crippen LogP contribution is -2.38. The van der Waals surface area contributed by atoms with Gasteiger partial charge in [0.25, 0.3) is 0 Å². The van der Waals surface area contributed by atoms with Crippen molar-refractivity contribution in [3.63, 3.8) is 0 Å². The fraction of sp³-hybridized carbons (Fsp3) is 0.600. The molecule has 0 aliphatic rings. The number of thioether (sulfide) groups is 1. The van der Waals surface area contributed by atoms with Crippen molar-refractivity contribution in [3.8, 4) is 0 Å². The number of nitrogens with zero attached hydrogens (tertiary/aromatic N) is 3. The molecule has 0 fully saturated rings. The highest BCUT2D eigenvalue weighted by molar-refractivity contribution is 7.98. The molecule has 0 spiro atoms. The van der Waals surface area contributed by atoms with E-state index >= 15 is 0 Å². The van der Waals surface area contributed by atoms with Gasteiger partial charge >= 0.3 is 0 Å². The van der Waals surface area contributed by atoms with Crippen LogP contribution in [0.2, 0.25) is 0 Å². The molecule has 0 bridgehead atoms. The van der Waals surface area contributed by atoms with Gasteiger partial charge in [0.1, 0.15) is 4.90 Å². The summed E-state index contributed by atoms with van der Waals surface area (Å²) in [7, 11) is -1.97. The fourth-order valence-corrected chi connectivity index (χ4v) is 3.75. The maximum Gasteiger partial charge on any atom is 0.246 e. The first-order chi connectivity index (χ1) is 8.43. The molecular formula is C10H18N4O2S2. The summed E-state index contributed by atoms with van der Waals surface area (Å²) in [5.74, 6) is 0.815. The van der Waals surface area contributed by atoms with E-state index < -0.39 is 10.0 Å². The van der Waals surface area contributed by atoms with Gasteiger partial charge in [-0.25, -0.2) is 18.4 Å². The van der Waals surface area contributed by atoms with Crippen molar-refractivity contribution >= 4 is 27.7 Å². The van der Waals surface area contributed by atoms with Gasteiger partial charge in [0.15, 0.2) is 0 Å². The summed E-state index contributed by atoms with van der Waals surface area (Å²) in [5.41, 5.74) is 5.35. The molecule has 0 aromatic carbocycles. The molecule has 1 unspecified atom stereocenters. The predicted octanol–water partition coefficient (Wildman–Crippen LogP) is 0.821. The van der Waals surface area contributed by atoms with Gasteiger partial charge in [-0.3, -0.25) is 0 Å². The SMILES string of the molecule is CCC(CSC)N(C)S(=O)(=O)c1cnc(N)nc1. The predicted molar refractivity (Wildman–Crippen MR) is 73.9 cm³/mol. The van der Waals surface area contributed by atoms with Gasteiger partial charge in [-0.05, 0) is 12.7 Å². The summed E-state index contributed by atoms with van der Waals surface area (Å²) in [6.45, 7) is 1.96. The largest absolute Gasteiger partial charge is 0.368 e. The third-order valence-corrected chi connectivity index (χ3v) is 5.25. The highest BCUT2D eigenvalue weighted by Gasteiger charge is 2.27. The fourth-order valence-electron chi connectivity index (χ4n) is 1.49. The first-order valence-corrected chi connectivity index (χ1v) is 8.31. The van der Waals surface area contributed by atoms with Crippen LogP contribution in [0.1, 0.15) is 13.3 Å². The molecule has 1 atom stereocenters. The monoisotopic (exact) mass is 290 g/mol. The van der Waals surface area contributed by atoms with Gasteiger partial charge in [0.2, 0.25) is 16.0 Å². The standard InChI is InChI=1S/C10H18N4O2S2/c1-4-8(7-17-3)14(2)18(15,16)9-5-12-10(11)13-6-9/h5-6,8H,4,7H2,1-3H3,(H2,11,12,13). The van der Waals surface area contributed by atoms with Gasteiger partial charge in [-0.1, -0.05) is 6.92 Å². The third-order valence-electron chi connectivity index (χ3n) is 2.67. The van der Waals surface area contributed by atoms with Crippen LogP contribution in [0.3, 0.4) is 0 Å². The van der Waals surface area contributed by atoms with E-state index in [0.717, 1.165) is 12.2 Å². The summed E-state index contributed by atoms with van der Waals surface area (Å²) < 4.78 is 26.0. The molecule has 102 valence electrons. The van der Waals surface area contributed by atoms with E-state index in [-0.39, 0.29) is 16.9 Å². The normalized spacial score (nSPS) is 13.8. The average molecular weight is 290 g/mol. The molecule has 0 amide bonds. The van der Waals surface area contributed by atoms with Crippen LogP contribution in [0.15, 0.2) is 17.3 Å². The Morgan fingerprint density at radius 1 is 1.44 bits per heavy atom. The minimum Gasteiger partial charge on any atom is -0.368 e. The van der Waals surface area contributed by atoms with Crippen LogP contribution >= 0.6 is 11.8 Å². The number of anilines is 1. The minimum absolute atomic E-state index is 0.0393. The van der Waals surface area contributed by atoms with Crippen LogP contribution in [-0.2, 0) is 10.0 Å². The second-order valence-electron chi connectivity index (χ2n) is 3.82. The smallest absolute Gasteiger partial charge is 0.246 e. The molecule has 0 saturated carbocycles. The van der Waals surface area contributed by atoms with Gasteiger partial charge < -0.3 is 5.73 Å². The number of sulfonamides is 1. The van der Waals surface area contributed by atoms with Crippen LogP contribution in [-0.4, -0.2) is 47.8 Å². The van der Waals surface area contributed by atoms with Crippen molar-refractivity contribution in [1.29, 1.82) is 0 Å². The number of aromatic nitrogens is 2. The number of hydrogen-bond acceptors (Lipinski definition) is 6. The Balaban J connectivity index is 3.01.